The molecule has 2 aromatic rings. The van der Waals surface area contributed by atoms with Crippen molar-refractivity contribution in [1.29, 1.82) is 0 Å². The zero-order valence-electron chi connectivity index (χ0n) is 12.1. The molecule has 1 aliphatic rings. The van der Waals surface area contributed by atoms with E-state index in [9.17, 15) is 17.6 Å². The average Bonchev–Trinajstić information content (AvgIpc) is 3.13. The molecule has 0 radical (unpaired) electrons. The molecular weight excluding hydrogens is 323 g/mol. The van der Waals surface area contributed by atoms with Gasteiger partial charge in [0.1, 0.15) is 10.7 Å². The van der Waals surface area contributed by atoms with Crippen molar-refractivity contribution in [3.05, 3.63) is 48.2 Å². The fourth-order valence-corrected chi connectivity index (χ4v) is 3.46. The maximum absolute atomic E-state index is 13.8. The smallest absolute Gasteiger partial charge is 0.243 e. The van der Waals surface area contributed by atoms with Crippen LogP contribution in [0.2, 0.25) is 0 Å². The molecule has 1 saturated carbocycles. The van der Waals surface area contributed by atoms with Crippen molar-refractivity contribution < 1.29 is 22.0 Å². The zero-order chi connectivity index (χ0) is 16.4. The minimum atomic E-state index is -3.93. The number of halogens is 1. The van der Waals surface area contributed by atoms with E-state index in [0.29, 0.717) is 5.56 Å². The molecular formula is C15H15FN2O4S. The summed E-state index contributed by atoms with van der Waals surface area (Å²) in [7, 11) is -3.93. The lowest BCUT2D eigenvalue weighted by Gasteiger charge is -2.10. The summed E-state index contributed by atoms with van der Waals surface area (Å²) in [5.41, 5.74) is 0.906. The highest BCUT2D eigenvalue weighted by Crippen LogP contribution is 2.25. The Balaban J connectivity index is 1.75. The Hall–Kier alpha value is -2.19. The summed E-state index contributed by atoms with van der Waals surface area (Å²) in [5, 5.41) is 2.55. The number of hydrogen-bond acceptors (Lipinski definition) is 4. The van der Waals surface area contributed by atoms with E-state index in [1.165, 1.54) is 18.6 Å². The summed E-state index contributed by atoms with van der Waals surface area (Å²) >= 11 is 0. The SMILES string of the molecule is O=C(Cc1ccoc1)Nc1ccc(F)c(S(=O)(=O)NC2CC2)c1. The Kier molecular flexibility index (Phi) is 4.18. The molecule has 1 amide bonds. The van der Waals surface area contributed by atoms with Crippen molar-refractivity contribution in [3.8, 4) is 0 Å². The molecule has 0 aliphatic heterocycles. The van der Waals surface area contributed by atoms with Crippen LogP contribution in [0.25, 0.3) is 0 Å². The van der Waals surface area contributed by atoms with Gasteiger partial charge in [-0.2, -0.15) is 0 Å². The van der Waals surface area contributed by atoms with E-state index in [0.717, 1.165) is 25.0 Å². The van der Waals surface area contributed by atoms with Gasteiger partial charge in [-0.3, -0.25) is 4.79 Å². The summed E-state index contributed by atoms with van der Waals surface area (Å²) in [6.45, 7) is 0. The van der Waals surface area contributed by atoms with Crippen LogP contribution in [0.15, 0.2) is 46.1 Å². The van der Waals surface area contributed by atoms with Crippen LogP contribution in [0.3, 0.4) is 0 Å². The molecule has 8 heteroatoms. The predicted molar refractivity (Wildman–Crippen MR) is 80.8 cm³/mol. The van der Waals surface area contributed by atoms with Crippen molar-refractivity contribution in [1.82, 2.24) is 4.72 Å². The van der Waals surface area contributed by atoms with E-state index in [1.54, 1.807) is 6.07 Å². The number of nitrogens with one attached hydrogen (secondary N) is 2. The lowest BCUT2D eigenvalue weighted by atomic mass is 10.2. The maximum atomic E-state index is 13.8. The average molecular weight is 338 g/mol. The van der Waals surface area contributed by atoms with Crippen LogP contribution < -0.4 is 10.0 Å². The molecule has 1 heterocycles. The van der Waals surface area contributed by atoms with Gasteiger partial charge in [0.05, 0.1) is 18.9 Å². The van der Waals surface area contributed by atoms with Gasteiger partial charge in [-0.15, -0.1) is 0 Å². The number of benzene rings is 1. The highest BCUT2D eigenvalue weighted by Gasteiger charge is 2.29. The van der Waals surface area contributed by atoms with Crippen LogP contribution in [0.4, 0.5) is 10.1 Å². The van der Waals surface area contributed by atoms with Gasteiger partial charge in [0.15, 0.2) is 0 Å². The molecule has 122 valence electrons. The Morgan fingerprint density at radius 1 is 1.30 bits per heavy atom. The Morgan fingerprint density at radius 3 is 2.74 bits per heavy atom. The Labute approximate surface area is 132 Å². The first-order valence-corrected chi connectivity index (χ1v) is 8.55. The van der Waals surface area contributed by atoms with Crippen LogP contribution in [0.1, 0.15) is 18.4 Å². The van der Waals surface area contributed by atoms with Gasteiger partial charge in [0.25, 0.3) is 0 Å². The summed E-state index contributed by atoms with van der Waals surface area (Å²) in [6, 6.07) is 4.99. The van der Waals surface area contributed by atoms with Crippen molar-refractivity contribution in [2.24, 2.45) is 0 Å². The molecule has 0 unspecified atom stereocenters. The standard InChI is InChI=1S/C15H15FN2O4S/c16-13-4-3-12(17-15(19)7-10-5-6-22-9-10)8-14(13)23(20,21)18-11-1-2-11/h3-6,8-9,11,18H,1-2,7H2,(H,17,19). The van der Waals surface area contributed by atoms with Gasteiger partial charge in [-0.1, -0.05) is 0 Å². The molecule has 1 aromatic carbocycles. The molecule has 1 aromatic heterocycles. The number of anilines is 1. The van der Waals surface area contributed by atoms with Gasteiger partial charge in [0.2, 0.25) is 15.9 Å². The van der Waals surface area contributed by atoms with Gasteiger partial charge in [0, 0.05) is 11.7 Å². The molecule has 0 saturated heterocycles. The third-order valence-corrected chi connectivity index (χ3v) is 4.88. The highest BCUT2D eigenvalue weighted by atomic mass is 32.2. The number of hydrogen-bond donors (Lipinski definition) is 2. The minimum absolute atomic E-state index is 0.0796. The molecule has 1 fully saturated rings. The normalized spacial score (nSPS) is 14.7. The molecule has 3 rings (SSSR count). The van der Waals surface area contributed by atoms with Crippen molar-refractivity contribution in [2.45, 2.75) is 30.2 Å². The van der Waals surface area contributed by atoms with Crippen molar-refractivity contribution in [3.63, 3.8) is 0 Å². The van der Waals surface area contributed by atoms with Gasteiger partial charge in [-0.25, -0.2) is 17.5 Å². The number of rotatable bonds is 6. The Bertz CT molecular complexity index is 814. The topological polar surface area (TPSA) is 88.4 Å². The minimum Gasteiger partial charge on any atom is -0.472 e. The quantitative estimate of drug-likeness (QED) is 0.844. The van der Waals surface area contributed by atoms with Crippen LogP contribution >= 0.6 is 0 Å². The second kappa shape index (κ2) is 6.13. The first-order valence-electron chi connectivity index (χ1n) is 7.07. The monoisotopic (exact) mass is 338 g/mol. The summed E-state index contributed by atoms with van der Waals surface area (Å²) in [6.07, 6.45) is 4.48. The van der Waals surface area contributed by atoms with E-state index in [4.69, 9.17) is 4.42 Å². The van der Waals surface area contributed by atoms with E-state index >= 15 is 0 Å². The lowest BCUT2D eigenvalue weighted by molar-refractivity contribution is -0.115. The third kappa shape index (κ3) is 3.96. The first kappa shape index (κ1) is 15.7. The first-order chi connectivity index (χ1) is 10.9. The van der Waals surface area contributed by atoms with E-state index in [-0.39, 0.29) is 24.1 Å². The van der Waals surface area contributed by atoms with Gasteiger partial charge >= 0.3 is 0 Å². The lowest BCUT2D eigenvalue weighted by Crippen LogP contribution is -2.26. The largest absolute Gasteiger partial charge is 0.472 e. The maximum Gasteiger partial charge on any atom is 0.243 e. The fraction of sp³-hybridized carbons (Fsp3) is 0.267. The van der Waals surface area contributed by atoms with Crippen LogP contribution in [-0.2, 0) is 21.2 Å². The fourth-order valence-electron chi connectivity index (χ4n) is 2.05. The summed E-state index contributed by atoms with van der Waals surface area (Å²) in [4.78, 5) is 11.4. The molecule has 2 N–H and O–H groups in total. The molecule has 23 heavy (non-hydrogen) atoms. The second-order valence-electron chi connectivity index (χ2n) is 5.40. The highest BCUT2D eigenvalue weighted by molar-refractivity contribution is 7.89. The number of carbonyl (C=O) groups excluding carboxylic acids is 1. The van der Waals surface area contributed by atoms with E-state index < -0.39 is 20.7 Å². The van der Waals surface area contributed by atoms with Crippen LogP contribution in [-0.4, -0.2) is 20.4 Å². The molecule has 0 atom stereocenters. The van der Waals surface area contributed by atoms with Crippen LogP contribution in [0.5, 0.6) is 0 Å². The zero-order valence-corrected chi connectivity index (χ0v) is 12.9. The molecule has 0 spiro atoms. The van der Waals surface area contributed by atoms with Crippen LogP contribution in [0, 0.1) is 5.82 Å². The van der Waals surface area contributed by atoms with Crippen molar-refractivity contribution in [2.75, 3.05) is 5.32 Å². The predicted octanol–water partition coefficient (Wildman–Crippen LogP) is 2.04. The Morgan fingerprint density at radius 2 is 2.09 bits per heavy atom. The molecule has 6 nitrogen and oxygen atoms in total. The number of carbonyl (C=O) groups is 1. The number of amides is 1. The van der Waals surface area contributed by atoms with Crippen molar-refractivity contribution >= 4 is 21.6 Å². The van der Waals surface area contributed by atoms with E-state index in [2.05, 4.69) is 10.0 Å². The summed E-state index contributed by atoms with van der Waals surface area (Å²) < 4.78 is 45.4. The summed E-state index contributed by atoms with van der Waals surface area (Å²) in [5.74, 6) is -1.21. The molecule has 1 aliphatic carbocycles. The van der Waals surface area contributed by atoms with Gasteiger partial charge < -0.3 is 9.73 Å². The number of furan rings is 1. The second-order valence-corrected chi connectivity index (χ2v) is 7.08. The number of sulfonamides is 1. The third-order valence-electron chi connectivity index (χ3n) is 3.35. The van der Waals surface area contributed by atoms with E-state index in [1.807, 2.05) is 0 Å². The molecule has 0 bridgehead atoms. The van der Waals surface area contributed by atoms with Gasteiger partial charge in [-0.05, 0) is 42.7 Å².